The van der Waals surface area contributed by atoms with Crippen molar-refractivity contribution in [2.24, 2.45) is 0 Å². The van der Waals surface area contributed by atoms with Gasteiger partial charge in [0.2, 0.25) is 0 Å². The molecular weight excluding hydrogens is 418 g/mol. The number of nitrogens with zero attached hydrogens (tertiary/aromatic N) is 2. The molecule has 2 aromatic carbocycles. The first kappa shape index (κ1) is 22.3. The van der Waals surface area contributed by atoms with Crippen LogP contribution >= 0.6 is 0 Å². The topological polar surface area (TPSA) is 80.8 Å². The predicted molar refractivity (Wildman–Crippen MR) is 125 cm³/mol. The number of pyridine rings is 1. The van der Waals surface area contributed by atoms with Gasteiger partial charge in [0.1, 0.15) is 18.9 Å². The van der Waals surface area contributed by atoms with Crippen LogP contribution < -0.4 is 14.8 Å². The highest BCUT2D eigenvalue weighted by molar-refractivity contribution is 5.95. The lowest BCUT2D eigenvalue weighted by Crippen LogP contribution is -2.41. The Morgan fingerprint density at radius 2 is 1.76 bits per heavy atom. The van der Waals surface area contributed by atoms with Crippen molar-refractivity contribution in [2.45, 2.75) is 18.9 Å². The van der Waals surface area contributed by atoms with Crippen LogP contribution in [0.4, 0.5) is 0 Å². The molecule has 4 rings (SSSR count). The van der Waals surface area contributed by atoms with Crippen molar-refractivity contribution in [3.63, 3.8) is 0 Å². The summed E-state index contributed by atoms with van der Waals surface area (Å²) in [6.45, 7) is 1.39. The van der Waals surface area contributed by atoms with Gasteiger partial charge in [0, 0.05) is 31.4 Å². The minimum atomic E-state index is -0.227. The van der Waals surface area contributed by atoms with E-state index in [9.17, 15) is 9.59 Å². The second-order valence-electron chi connectivity index (χ2n) is 7.88. The van der Waals surface area contributed by atoms with E-state index in [2.05, 4.69) is 10.3 Å². The summed E-state index contributed by atoms with van der Waals surface area (Å²) < 4.78 is 11.2. The van der Waals surface area contributed by atoms with Gasteiger partial charge in [-0.05, 0) is 48.7 Å². The molecule has 170 valence electrons. The summed E-state index contributed by atoms with van der Waals surface area (Å²) in [5.41, 5.74) is 2.04. The predicted octanol–water partition coefficient (Wildman–Crippen LogP) is 3.36. The molecule has 1 unspecified atom stereocenters. The highest BCUT2D eigenvalue weighted by Gasteiger charge is 2.23. The highest BCUT2D eigenvalue weighted by atomic mass is 16.6. The van der Waals surface area contributed by atoms with Crippen molar-refractivity contribution in [3.05, 3.63) is 89.7 Å². The molecular formula is C26H27N3O4. The maximum Gasteiger partial charge on any atom is 0.269 e. The summed E-state index contributed by atoms with van der Waals surface area (Å²) in [6, 6.07) is 20.4. The molecule has 0 saturated heterocycles. The Bertz CT molecular complexity index is 1090. The zero-order valence-corrected chi connectivity index (χ0v) is 18.6. The molecule has 1 aliphatic rings. The van der Waals surface area contributed by atoms with E-state index in [1.165, 1.54) is 0 Å². The van der Waals surface area contributed by atoms with E-state index in [1.54, 1.807) is 54.5 Å². The van der Waals surface area contributed by atoms with Crippen molar-refractivity contribution in [2.75, 3.05) is 26.8 Å². The fraction of sp³-hybridized carbons (Fsp3) is 0.269. The maximum atomic E-state index is 13.3. The molecule has 0 saturated carbocycles. The fourth-order valence-corrected chi connectivity index (χ4v) is 3.80. The maximum absolute atomic E-state index is 13.3. The van der Waals surface area contributed by atoms with Gasteiger partial charge in [-0.15, -0.1) is 0 Å². The number of ether oxygens (including phenoxy) is 2. The normalized spacial score (nSPS) is 13.1. The summed E-state index contributed by atoms with van der Waals surface area (Å²) >= 11 is 0. The average molecular weight is 446 g/mol. The Labute approximate surface area is 193 Å². The minimum absolute atomic E-state index is 0.107. The SMILES string of the molecule is CN(C(=O)c1ccc2c(c1)OCCO2)C(CCNC(=O)c1ccccn1)Cc1ccccc1. The van der Waals surface area contributed by atoms with Crippen LogP contribution in [0.2, 0.25) is 0 Å². The number of carbonyl (C=O) groups excluding carboxylic acids is 2. The fourth-order valence-electron chi connectivity index (χ4n) is 3.80. The molecule has 0 aliphatic carbocycles. The van der Waals surface area contributed by atoms with Gasteiger partial charge in [0.05, 0.1) is 0 Å². The molecule has 0 spiro atoms. The number of aromatic nitrogens is 1. The van der Waals surface area contributed by atoms with Crippen molar-refractivity contribution < 1.29 is 19.1 Å². The number of nitrogens with one attached hydrogen (secondary N) is 1. The van der Waals surface area contributed by atoms with Gasteiger partial charge >= 0.3 is 0 Å². The third-order valence-corrected chi connectivity index (χ3v) is 5.63. The van der Waals surface area contributed by atoms with E-state index in [-0.39, 0.29) is 17.9 Å². The van der Waals surface area contributed by atoms with Crippen LogP contribution in [0.3, 0.4) is 0 Å². The summed E-state index contributed by atoms with van der Waals surface area (Å²) in [6.07, 6.45) is 2.86. The smallest absolute Gasteiger partial charge is 0.269 e. The summed E-state index contributed by atoms with van der Waals surface area (Å²) in [5.74, 6) is 0.903. The van der Waals surface area contributed by atoms with E-state index >= 15 is 0 Å². The van der Waals surface area contributed by atoms with Crippen LogP contribution in [0, 0.1) is 0 Å². The molecule has 33 heavy (non-hydrogen) atoms. The van der Waals surface area contributed by atoms with Crippen LogP contribution in [0.15, 0.2) is 72.9 Å². The van der Waals surface area contributed by atoms with Crippen LogP contribution in [0.1, 0.15) is 32.8 Å². The van der Waals surface area contributed by atoms with E-state index in [0.29, 0.717) is 55.4 Å². The van der Waals surface area contributed by atoms with Gasteiger partial charge in [-0.2, -0.15) is 0 Å². The molecule has 1 aromatic heterocycles. The zero-order chi connectivity index (χ0) is 23.0. The number of rotatable bonds is 8. The molecule has 7 heteroatoms. The molecule has 1 N–H and O–H groups in total. The Morgan fingerprint density at radius 3 is 2.52 bits per heavy atom. The van der Waals surface area contributed by atoms with E-state index in [1.807, 2.05) is 30.3 Å². The van der Waals surface area contributed by atoms with Crippen molar-refractivity contribution in [1.29, 1.82) is 0 Å². The lowest BCUT2D eigenvalue weighted by atomic mass is 10.0. The summed E-state index contributed by atoms with van der Waals surface area (Å²) in [5, 5.41) is 2.91. The minimum Gasteiger partial charge on any atom is -0.486 e. The van der Waals surface area contributed by atoms with E-state index < -0.39 is 0 Å². The number of amides is 2. The molecule has 0 fully saturated rings. The van der Waals surface area contributed by atoms with Crippen LogP contribution in [0.5, 0.6) is 11.5 Å². The molecule has 0 radical (unpaired) electrons. The van der Waals surface area contributed by atoms with Crippen LogP contribution in [-0.4, -0.2) is 54.5 Å². The highest BCUT2D eigenvalue weighted by Crippen LogP contribution is 2.31. The second-order valence-corrected chi connectivity index (χ2v) is 7.88. The van der Waals surface area contributed by atoms with Gasteiger partial charge in [-0.1, -0.05) is 36.4 Å². The van der Waals surface area contributed by atoms with E-state index in [0.717, 1.165) is 5.56 Å². The Balaban J connectivity index is 1.46. The number of benzene rings is 2. The third kappa shape index (κ3) is 5.68. The first-order valence-corrected chi connectivity index (χ1v) is 11.0. The number of hydrogen-bond donors (Lipinski definition) is 1. The second kappa shape index (κ2) is 10.6. The summed E-state index contributed by atoms with van der Waals surface area (Å²) in [4.78, 5) is 31.5. The first-order chi connectivity index (χ1) is 16.1. The number of fused-ring (bicyclic) bond motifs is 1. The lowest BCUT2D eigenvalue weighted by Gasteiger charge is -2.29. The quantitative estimate of drug-likeness (QED) is 0.575. The van der Waals surface area contributed by atoms with Gasteiger partial charge in [0.25, 0.3) is 11.8 Å². The van der Waals surface area contributed by atoms with Crippen molar-refractivity contribution in [1.82, 2.24) is 15.2 Å². The Hall–Kier alpha value is -3.87. The van der Waals surface area contributed by atoms with E-state index in [4.69, 9.17) is 9.47 Å². The lowest BCUT2D eigenvalue weighted by molar-refractivity contribution is 0.0721. The number of hydrogen-bond acceptors (Lipinski definition) is 5. The third-order valence-electron chi connectivity index (χ3n) is 5.63. The van der Waals surface area contributed by atoms with Gasteiger partial charge < -0.3 is 19.7 Å². The van der Waals surface area contributed by atoms with Gasteiger partial charge in [-0.25, -0.2) is 0 Å². The number of carbonyl (C=O) groups is 2. The monoisotopic (exact) mass is 445 g/mol. The molecule has 2 amide bonds. The molecule has 7 nitrogen and oxygen atoms in total. The molecule has 0 bridgehead atoms. The van der Waals surface area contributed by atoms with Crippen LogP contribution in [0.25, 0.3) is 0 Å². The first-order valence-electron chi connectivity index (χ1n) is 11.0. The largest absolute Gasteiger partial charge is 0.486 e. The zero-order valence-electron chi connectivity index (χ0n) is 18.6. The Morgan fingerprint density at radius 1 is 1.00 bits per heavy atom. The average Bonchev–Trinajstić information content (AvgIpc) is 2.88. The van der Waals surface area contributed by atoms with Gasteiger partial charge in [-0.3, -0.25) is 14.6 Å². The summed E-state index contributed by atoms with van der Waals surface area (Å²) in [7, 11) is 1.80. The standard InChI is InChI=1S/C26H27N3O4/c1-29(26(31)20-10-11-23-24(18-20)33-16-15-32-23)21(17-19-7-3-2-4-8-19)12-14-28-25(30)22-9-5-6-13-27-22/h2-11,13,18,21H,12,14-17H2,1H3,(H,28,30). The molecule has 2 heterocycles. The molecule has 1 aliphatic heterocycles. The van der Waals surface area contributed by atoms with Crippen LogP contribution in [-0.2, 0) is 6.42 Å². The Kier molecular flexibility index (Phi) is 7.19. The van der Waals surface area contributed by atoms with Crippen molar-refractivity contribution in [3.8, 4) is 11.5 Å². The van der Waals surface area contributed by atoms with Gasteiger partial charge in [0.15, 0.2) is 11.5 Å². The molecule has 1 atom stereocenters. The molecule has 3 aromatic rings. The number of likely N-dealkylation sites (N-methyl/N-ethyl adjacent to an activating group) is 1. The van der Waals surface area contributed by atoms with Crippen molar-refractivity contribution >= 4 is 11.8 Å².